The first-order chi connectivity index (χ1) is 12.1. The topological polar surface area (TPSA) is 54.0 Å². The minimum Gasteiger partial charge on any atom is -0.382 e. The average molecular weight is 337 g/mol. The van der Waals surface area contributed by atoms with E-state index in [1.54, 1.807) is 6.20 Å². The molecular formula is C21H27N3O. The molecule has 3 rings (SSSR count). The molecule has 1 amide bonds. The number of aryl methyl sites for hydroxylation is 2. The van der Waals surface area contributed by atoms with E-state index in [4.69, 9.17) is 0 Å². The van der Waals surface area contributed by atoms with E-state index in [1.165, 1.54) is 44.1 Å². The number of amides is 1. The Morgan fingerprint density at radius 3 is 2.44 bits per heavy atom. The maximum Gasteiger partial charge on any atom is 0.274 e. The predicted molar refractivity (Wildman–Crippen MR) is 103 cm³/mol. The molecule has 2 aromatic rings. The van der Waals surface area contributed by atoms with Crippen LogP contribution in [-0.2, 0) is 0 Å². The molecule has 0 radical (unpaired) electrons. The van der Waals surface area contributed by atoms with Crippen LogP contribution in [0.2, 0.25) is 0 Å². The monoisotopic (exact) mass is 337 g/mol. The van der Waals surface area contributed by atoms with Crippen LogP contribution in [-0.4, -0.2) is 16.9 Å². The molecule has 1 aromatic heterocycles. The summed E-state index contributed by atoms with van der Waals surface area (Å²) in [6.45, 7) is 4.10. The van der Waals surface area contributed by atoms with E-state index in [1.807, 2.05) is 37.3 Å². The molecule has 0 bridgehead atoms. The van der Waals surface area contributed by atoms with E-state index in [2.05, 4.69) is 22.5 Å². The molecule has 4 heteroatoms. The summed E-state index contributed by atoms with van der Waals surface area (Å²) in [6, 6.07) is 10.2. The number of aromatic nitrogens is 1. The Balaban J connectivity index is 1.67. The lowest BCUT2D eigenvalue weighted by atomic mass is 10.1. The van der Waals surface area contributed by atoms with E-state index in [9.17, 15) is 4.79 Å². The maximum absolute atomic E-state index is 12.5. The van der Waals surface area contributed by atoms with Crippen molar-refractivity contribution in [2.24, 2.45) is 0 Å². The molecule has 1 aromatic carbocycles. The fraction of sp³-hybridized carbons (Fsp3) is 0.429. The highest BCUT2D eigenvalue weighted by Gasteiger charge is 2.14. The number of carbonyl (C=O) groups excluding carboxylic acids is 1. The summed E-state index contributed by atoms with van der Waals surface area (Å²) in [7, 11) is 0. The zero-order valence-corrected chi connectivity index (χ0v) is 15.1. The smallest absolute Gasteiger partial charge is 0.274 e. The molecule has 0 saturated heterocycles. The lowest BCUT2D eigenvalue weighted by Gasteiger charge is -2.18. The van der Waals surface area contributed by atoms with Crippen LogP contribution < -0.4 is 10.6 Å². The van der Waals surface area contributed by atoms with Gasteiger partial charge in [0.1, 0.15) is 5.69 Å². The molecule has 25 heavy (non-hydrogen) atoms. The molecule has 0 aliphatic heterocycles. The summed E-state index contributed by atoms with van der Waals surface area (Å²) in [5, 5.41) is 6.51. The average Bonchev–Trinajstić information content (AvgIpc) is 2.87. The molecule has 0 atom stereocenters. The Morgan fingerprint density at radius 2 is 1.72 bits per heavy atom. The highest BCUT2D eigenvalue weighted by Crippen LogP contribution is 2.21. The van der Waals surface area contributed by atoms with Crippen molar-refractivity contribution in [3.8, 4) is 0 Å². The highest BCUT2D eigenvalue weighted by atomic mass is 16.1. The summed E-state index contributed by atoms with van der Waals surface area (Å²) in [5.74, 6) is -0.173. The van der Waals surface area contributed by atoms with Crippen molar-refractivity contribution >= 4 is 17.3 Å². The van der Waals surface area contributed by atoms with Crippen molar-refractivity contribution in [3.63, 3.8) is 0 Å². The molecule has 1 aliphatic rings. The van der Waals surface area contributed by atoms with E-state index in [0.29, 0.717) is 11.7 Å². The minimum atomic E-state index is -0.173. The van der Waals surface area contributed by atoms with Crippen LogP contribution in [0.5, 0.6) is 0 Å². The van der Waals surface area contributed by atoms with Crippen LogP contribution in [0.3, 0.4) is 0 Å². The fourth-order valence-electron chi connectivity index (χ4n) is 3.32. The Morgan fingerprint density at radius 1 is 0.960 bits per heavy atom. The van der Waals surface area contributed by atoms with Crippen LogP contribution in [0.4, 0.5) is 11.4 Å². The molecule has 1 saturated carbocycles. The predicted octanol–water partition coefficient (Wildman–Crippen LogP) is 5.09. The van der Waals surface area contributed by atoms with Gasteiger partial charge in [-0.25, -0.2) is 0 Å². The number of anilines is 2. The molecular weight excluding hydrogens is 310 g/mol. The van der Waals surface area contributed by atoms with Gasteiger partial charge in [0.25, 0.3) is 5.91 Å². The number of hydrogen-bond donors (Lipinski definition) is 2. The van der Waals surface area contributed by atoms with Crippen LogP contribution in [0.25, 0.3) is 0 Å². The van der Waals surface area contributed by atoms with Crippen molar-refractivity contribution in [3.05, 3.63) is 53.3 Å². The molecule has 2 N–H and O–H groups in total. The molecule has 1 fully saturated rings. The number of pyridine rings is 1. The summed E-state index contributed by atoms with van der Waals surface area (Å²) >= 11 is 0. The number of nitrogens with zero attached hydrogens (tertiary/aromatic N) is 1. The summed E-state index contributed by atoms with van der Waals surface area (Å²) in [5.41, 5.74) is 4.60. The van der Waals surface area contributed by atoms with Gasteiger partial charge in [0.2, 0.25) is 0 Å². The van der Waals surface area contributed by atoms with E-state index >= 15 is 0 Å². The third-order valence-corrected chi connectivity index (χ3v) is 4.98. The number of nitrogens with one attached hydrogen (secondary N) is 2. The molecule has 4 nitrogen and oxygen atoms in total. The van der Waals surface area contributed by atoms with Gasteiger partial charge in [-0.3, -0.25) is 9.78 Å². The quantitative estimate of drug-likeness (QED) is 0.765. The fourth-order valence-corrected chi connectivity index (χ4v) is 3.32. The van der Waals surface area contributed by atoms with Gasteiger partial charge >= 0.3 is 0 Å². The number of rotatable bonds is 4. The van der Waals surface area contributed by atoms with Gasteiger partial charge in [0, 0.05) is 23.6 Å². The van der Waals surface area contributed by atoms with E-state index < -0.39 is 0 Å². The minimum absolute atomic E-state index is 0.173. The first-order valence-corrected chi connectivity index (χ1v) is 9.23. The molecule has 1 aliphatic carbocycles. The zero-order chi connectivity index (χ0) is 17.6. The number of carbonyl (C=O) groups is 1. The zero-order valence-electron chi connectivity index (χ0n) is 15.1. The van der Waals surface area contributed by atoms with Crippen molar-refractivity contribution in [1.82, 2.24) is 4.98 Å². The third-order valence-electron chi connectivity index (χ3n) is 4.98. The first kappa shape index (κ1) is 17.5. The van der Waals surface area contributed by atoms with Crippen LogP contribution in [0, 0.1) is 13.8 Å². The van der Waals surface area contributed by atoms with Crippen molar-refractivity contribution in [2.45, 2.75) is 58.4 Å². The second kappa shape index (κ2) is 8.15. The lowest BCUT2D eigenvalue weighted by Crippen LogP contribution is -2.19. The first-order valence-electron chi connectivity index (χ1n) is 9.23. The largest absolute Gasteiger partial charge is 0.382 e. The third kappa shape index (κ3) is 4.81. The van der Waals surface area contributed by atoms with Gasteiger partial charge in [0.05, 0.1) is 0 Å². The van der Waals surface area contributed by atoms with Crippen LogP contribution in [0.15, 0.2) is 36.5 Å². The number of hydrogen-bond acceptors (Lipinski definition) is 3. The van der Waals surface area contributed by atoms with E-state index in [0.717, 1.165) is 16.9 Å². The van der Waals surface area contributed by atoms with Crippen LogP contribution >= 0.6 is 0 Å². The maximum atomic E-state index is 12.5. The van der Waals surface area contributed by atoms with Gasteiger partial charge in [-0.05, 0) is 62.1 Å². The van der Waals surface area contributed by atoms with Crippen LogP contribution in [0.1, 0.15) is 60.1 Å². The Labute approximate surface area is 150 Å². The van der Waals surface area contributed by atoms with Gasteiger partial charge < -0.3 is 10.6 Å². The van der Waals surface area contributed by atoms with Gasteiger partial charge in [-0.2, -0.15) is 0 Å². The van der Waals surface area contributed by atoms with Gasteiger partial charge in [-0.15, -0.1) is 0 Å². The molecule has 132 valence electrons. The van der Waals surface area contributed by atoms with E-state index in [-0.39, 0.29) is 5.91 Å². The molecule has 0 unspecified atom stereocenters. The lowest BCUT2D eigenvalue weighted by molar-refractivity contribution is 0.102. The Bertz CT molecular complexity index is 734. The van der Waals surface area contributed by atoms with Gasteiger partial charge in [-0.1, -0.05) is 31.7 Å². The SMILES string of the molecule is Cc1ccc(NC(=O)c2cc(NC3CCCCCC3)ccn2)cc1C. The normalized spacial score (nSPS) is 15.4. The summed E-state index contributed by atoms with van der Waals surface area (Å²) in [4.78, 5) is 16.7. The molecule has 1 heterocycles. The number of benzene rings is 1. The second-order valence-corrected chi connectivity index (χ2v) is 7.02. The standard InChI is InChI=1S/C21H27N3O/c1-15-9-10-18(13-16(15)2)24-21(25)20-14-19(11-12-22-20)23-17-7-5-3-4-6-8-17/h9-14,17H,3-8H2,1-2H3,(H,22,23)(H,24,25). The summed E-state index contributed by atoms with van der Waals surface area (Å²) < 4.78 is 0. The van der Waals surface area contributed by atoms with Crippen molar-refractivity contribution in [2.75, 3.05) is 10.6 Å². The second-order valence-electron chi connectivity index (χ2n) is 7.02. The van der Waals surface area contributed by atoms with Crippen molar-refractivity contribution in [1.29, 1.82) is 0 Å². The Hall–Kier alpha value is -2.36. The highest BCUT2D eigenvalue weighted by molar-refractivity contribution is 6.03. The van der Waals surface area contributed by atoms with Gasteiger partial charge in [0.15, 0.2) is 0 Å². The van der Waals surface area contributed by atoms with Crippen molar-refractivity contribution < 1.29 is 4.79 Å². The molecule has 0 spiro atoms. The Kier molecular flexibility index (Phi) is 5.69. The summed E-state index contributed by atoms with van der Waals surface area (Å²) in [6.07, 6.45) is 9.33.